The van der Waals surface area contributed by atoms with Crippen molar-refractivity contribution in [2.24, 2.45) is 18.9 Å². The third-order valence-electron chi connectivity index (χ3n) is 9.65. The van der Waals surface area contributed by atoms with E-state index in [-0.39, 0.29) is 29.5 Å². The van der Waals surface area contributed by atoms with Crippen LogP contribution in [0.3, 0.4) is 0 Å². The van der Waals surface area contributed by atoms with E-state index in [0.29, 0.717) is 29.3 Å². The first kappa shape index (κ1) is 27.2. The molecule has 2 N–H and O–H groups in total. The fourth-order valence-corrected chi connectivity index (χ4v) is 7.52. The standard InChI is InChI=1S/C34H37FN6O3/c1-34(2,3)44-33(43)38-27-21-9-10-25(27)41(17-21)32(42)22-13-23(35)30-24(14-22)37-31(39(30)4)26-15-20-8-7-19-11-12-36-28(19)29(20)40(26)16-18-5-6-18/h7-8,11-15,18,21,25,27,36H,5-6,9-10,16-17H2,1-4H3,(H,38,43)/t21-,25-,27-/m1/s1. The van der Waals surface area contributed by atoms with Gasteiger partial charge in [-0.15, -0.1) is 0 Å². The van der Waals surface area contributed by atoms with Crippen molar-refractivity contribution in [2.75, 3.05) is 6.54 Å². The maximum absolute atomic E-state index is 15.9. The predicted molar refractivity (Wildman–Crippen MR) is 167 cm³/mol. The van der Waals surface area contributed by atoms with E-state index in [0.717, 1.165) is 46.9 Å². The van der Waals surface area contributed by atoms with E-state index < -0.39 is 17.5 Å². The number of aromatic nitrogens is 4. The third kappa shape index (κ3) is 4.37. The summed E-state index contributed by atoms with van der Waals surface area (Å²) in [6.07, 6.45) is 5.61. The molecule has 2 aromatic carbocycles. The van der Waals surface area contributed by atoms with Crippen molar-refractivity contribution in [3.05, 3.63) is 54.0 Å². The van der Waals surface area contributed by atoms with E-state index in [4.69, 9.17) is 9.72 Å². The largest absolute Gasteiger partial charge is 0.444 e. The van der Waals surface area contributed by atoms with Crippen LogP contribution in [0.2, 0.25) is 0 Å². The van der Waals surface area contributed by atoms with Crippen molar-refractivity contribution < 1.29 is 18.7 Å². The Kier molecular flexibility index (Phi) is 5.93. The zero-order chi connectivity index (χ0) is 30.5. The van der Waals surface area contributed by atoms with Crippen LogP contribution in [0, 0.1) is 17.7 Å². The van der Waals surface area contributed by atoms with Crippen molar-refractivity contribution in [1.82, 2.24) is 29.3 Å². The lowest BCUT2D eigenvalue weighted by molar-refractivity contribution is 0.0485. The third-order valence-corrected chi connectivity index (χ3v) is 9.65. The van der Waals surface area contributed by atoms with Gasteiger partial charge in [0.1, 0.15) is 16.9 Å². The van der Waals surface area contributed by atoms with Gasteiger partial charge in [0.05, 0.1) is 34.3 Å². The number of imidazole rings is 1. The summed E-state index contributed by atoms with van der Waals surface area (Å²) in [4.78, 5) is 36.5. The van der Waals surface area contributed by atoms with Crippen molar-refractivity contribution in [2.45, 2.75) is 70.7 Å². The lowest BCUT2D eigenvalue weighted by atomic mass is 10.1. The molecule has 1 aliphatic heterocycles. The van der Waals surface area contributed by atoms with Gasteiger partial charge in [0.2, 0.25) is 0 Å². The molecule has 2 bridgehead atoms. The molecule has 0 spiro atoms. The molecule has 2 aliphatic carbocycles. The summed E-state index contributed by atoms with van der Waals surface area (Å²) in [5.41, 5.74) is 3.65. The Balaban J connectivity index is 1.14. The number of aryl methyl sites for hydroxylation is 1. The molecule has 0 radical (unpaired) electrons. The zero-order valence-electron chi connectivity index (χ0n) is 25.5. The van der Waals surface area contributed by atoms with Crippen LogP contribution < -0.4 is 5.32 Å². The summed E-state index contributed by atoms with van der Waals surface area (Å²) < 4.78 is 25.5. The molecule has 5 aromatic rings. The summed E-state index contributed by atoms with van der Waals surface area (Å²) in [6.45, 7) is 6.88. The maximum Gasteiger partial charge on any atom is 0.407 e. The van der Waals surface area contributed by atoms with Crippen molar-refractivity contribution in [3.63, 3.8) is 0 Å². The first-order valence-electron chi connectivity index (χ1n) is 15.6. The molecule has 3 aliphatic rings. The zero-order valence-corrected chi connectivity index (χ0v) is 25.5. The van der Waals surface area contributed by atoms with Crippen LogP contribution in [0.1, 0.15) is 56.8 Å². The number of ether oxygens (including phenoxy) is 1. The Morgan fingerprint density at radius 3 is 2.64 bits per heavy atom. The number of carbonyl (C=O) groups excluding carboxylic acids is 2. The van der Waals surface area contributed by atoms with Crippen LogP contribution >= 0.6 is 0 Å². The van der Waals surface area contributed by atoms with Gasteiger partial charge in [-0.25, -0.2) is 14.2 Å². The molecular formula is C34H37FN6O3. The van der Waals surface area contributed by atoms with Crippen molar-refractivity contribution in [1.29, 1.82) is 0 Å². The van der Waals surface area contributed by atoms with Crippen LogP contribution in [0.4, 0.5) is 9.18 Å². The maximum atomic E-state index is 15.9. The summed E-state index contributed by atoms with van der Waals surface area (Å²) >= 11 is 0. The van der Waals surface area contributed by atoms with Crippen molar-refractivity contribution in [3.8, 4) is 11.5 Å². The topological polar surface area (TPSA) is 97.2 Å². The number of fused-ring (bicyclic) bond motifs is 6. The Bertz CT molecular complexity index is 1980. The number of rotatable bonds is 5. The number of likely N-dealkylation sites (tertiary alicyclic amines) is 1. The van der Waals surface area contributed by atoms with E-state index in [1.807, 2.05) is 34.0 Å². The Morgan fingerprint density at radius 1 is 1.07 bits per heavy atom. The van der Waals surface area contributed by atoms with Gasteiger partial charge in [-0.1, -0.05) is 12.1 Å². The molecule has 4 heterocycles. The van der Waals surface area contributed by atoms with Gasteiger partial charge in [0, 0.05) is 42.7 Å². The Morgan fingerprint density at radius 2 is 1.86 bits per heavy atom. The molecular weight excluding hydrogens is 559 g/mol. The predicted octanol–water partition coefficient (Wildman–Crippen LogP) is 6.35. The van der Waals surface area contributed by atoms with Crippen LogP contribution in [0.25, 0.3) is 44.4 Å². The fraction of sp³-hybridized carbons (Fsp3) is 0.441. The first-order valence-corrected chi connectivity index (χ1v) is 15.6. The molecule has 1 saturated heterocycles. The average Bonchev–Trinajstić information content (AvgIpc) is 3.31. The van der Waals surface area contributed by atoms with Crippen LogP contribution in [0.5, 0.6) is 0 Å². The second kappa shape index (κ2) is 9.58. The minimum Gasteiger partial charge on any atom is -0.444 e. The van der Waals surface area contributed by atoms with E-state index in [9.17, 15) is 9.59 Å². The number of benzene rings is 2. The van der Waals surface area contributed by atoms with Gasteiger partial charge >= 0.3 is 6.09 Å². The van der Waals surface area contributed by atoms with Crippen LogP contribution in [0.15, 0.2) is 42.6 Å². The molecule has 44 heavy (non-hydrogen) atoms. The number of hydrogen-bond donors (Lipinski definition) is 2. The summed E-state index contributed by atoms with van der Waals surface area (Å²) in [5.74, 6) is 0.720. The van der Waals surface area contributed by atoms with E-state index >= 15 is 4.39 Å². The SMILES string of the molecule is Cn1c(-c2cc3ccc4cc[nH]c4c3n2CC2CC2)nc2cc(C(=O)N3C[C@H]4CC[C@@H]3[C@@H]4NC(=O)OC(C)(C)C)cc(F)c21. The molecule has 3 atom stereocenters. The lowest BCUT2D eigenvalue weighted by Gasteiger charge is -2.28. The number of halogens is 1. The lowest BCUT2D eigenvalue weighted by Crippen LogP contribution is -2.46. The monoisotopic (exact) mass is 596 g/mol. The number of piperidine rings is 1. The minimum atomic E-state index is -0.605. The number of nitrogens with zero attached hydrogens (tertiary/aromatic N) is 4. The van der Waals surface area contributed by atoms with E-state index in [1.165, 1.54) is 18.9 Å². The summed E-state index contributed by atoms with van der Waals surface area (Å²) in [5, 5.41) is 5.26. The van der Waals surface area contributed by atoms with Gasteiger partial charge in [0.15, 0.2) is 5.82 Å². The first-order chi connectivity index (χ1) is 21.1. The Hall–Kier alpha value is -4.34. The second-order valence-electron chi connectivity index (χ2n) is 13.9. The van der Waals surface area contributed by atoms with Crippen LogP contribution in [-0.4, -0.2) is 60.2 Å². The highest BCUT2D eigenvalue weighted by molar-refractivity contribution is 6.06. The quantitative estimate of drug-likeness (QED) is 0.247. The normalized spacial score (nSPS) is 21.7. The fourth-order valence-electron chi connectivity index (χ4n) is 7.52. The molecule has 2 amide bonds. The van der Waals surface area contributed by atoms with Gasteiger partial charge < -0.3 is 29.1 Å². The number of H-pyrrole nitrogens is 1. The number of amides is 2. The molecule has 3 fully saturated rings. The smallest absolute Gasteiger partial charge is 0.407 e. The van der Waals surface area contributed by atoms with Gasteiger partial charge in [-0.2, -0.15) is 0 Å². The highest BCUT2D eigenvalue weighted by Crippen LogP contribution is 2.41. The highest BCUT2D eigenvalue weighted by atomic mass is 19.1. The molecule has 2 saturated carbocycles. The summed E-state index contributed by atoms with van der Waals surface area (Å²) in [7, 11) is 1.84. The number of nitrogens with one attached hydrogen (secondary N) is 2. The number of aromatic amines is 1. The molecule has 0 unspecified atom stereocenters. The molecule has 9 nitrogen and oxygen atoms in total. The molecule has 228 valence electrons. The molecule has 10 heteroatoms. The highest BCUT2D eigenvalue weighted by Gasteiger charge is 2.50. The van der Waals surface area contributed by atoms with E-state index in [1.54, 1.807) is 15.5 Å². The number of hydrogen-bond acceptors (Lipinski definition) is 4. The molecule has 8 rings (SSSR count). The summed E-state index contributed by atoms with van der Waals surface area (Å²) in [6, 6.07) is 11.2. The number of carbonyl (C=O) groups is 2. The van der Waals surface area contributed by atoms with Crippen LogP contribution in [-0.2, 0) is 18.3 Å². The van der Waals surface area contributed by atoms with Gasteiger partial charge in [-0.05, 0) is 82.6 Å². The van der Waals surface area contributed by atoms with Crippen molar-refractivity contribution >= 4 is 44.8 Å². The van der Waals surface area contributed by atoms with E-state index in [2.05, 4.69) is 39.1 Å². The molecule has 3 aromatic heterocycles. The average molecular weight is 597 g/mol. The van der Waals surface area contributed by atoms with Gasteiger partial charge in [-0.3, -0.25) is 4.79 Å². The second-order valence-corrected chi connectivity index (χ2v) is 13.9. The Labute approximate surface area is 254 Å². The minimum absolute atomic E-state index is 0.144. The van der Waals surface area contributed by atoms with Gasteiger partial charge in [0.25, 0.3) is 5.91 Å². The number of alkyl carbamates (subject to hydrolysis) is 1.